The Labute approximate surface area is 99.8 Å². The molecule has 1 aromatic heterocycles. The molecule has 0 aliphatic heterocycles. The van der Waals surface area contributed by atoms with Crippen LogP contribution in [0.1, 0.15) is 0 Å². The van der Waals surface area contributed by atoms with Crippen LogP contribution >= 0.6 is 24.4 Å². The van der Waals surface area contributed by atoms with Crippen LogP contribution in [-0.4, -0.2) is 20.2 Å². The highest BCUT2D eigenvalue weighted by molar-refractivity contribution is 7.92. The van der Waals surface area contributed by atoms with Gasteiger partial charge in [-0.25, -0.2) is 4.68 Å². The molecule has 0 atom stereocenters. The molecule has 3 N–H and O–H groups in total. The highest BCUT2D eigenvalue weighted by Crippen LogP contribution is 2.15. The lowest BCUT2D eigenvalue weighted by molar-refractivity contribution is -0.0777. The van der Waals surface area contributed by atoms with E-state index in [-0.39, 0.29) is 0 Å². The first-order chi connectivity index (χ1) is 7.81. The van der Waals surface area contributed by atoms with Gasteiger partial charge in [0, 0.05) is 0 Å². The maximum Gasteiger partial charge on any atom is 0.242 e. The number of hydrogen-bond acceptors (Lipinski definition) is 7. The van der Waals surface area contributed by atoms with Crippen molar-refractivity contribution in [3.05, 3.63) is 29.0 Å². The molecule has 0 amide bonds. The molecule has 0 spiro atoms. The van der Waals surface area contributed by atoms with Crippen molar-refractivity contribution in [2.45, 2.75) is 0 Å². The maximum atomic E-state index is 5.03. The molecule has 7 nitrogen and oxygen atoms in total. The highest BCUT2D eigenvalue weighted by atomic mass is 32.2. The zero-order valence-corrected chi connectivity index (χ0v) is 9.49. The number of rotatable bonds is 4. The van der Waals surface area contributed by atoms with Gasteiger partial charge in [0.05, 0.1) is 5.69 Å². The summed E-state index contributed by atoms with van der Waals surface area (Å²) in [7, 11) is 0. The molecule has 2 rings (SSSR count). The van der Waals surface area contributed by atoms with E-state index in [1.165, 1.54) is 0 Å². The molecular weight excluding hydrogens is 250 g/mol. The Kier molecular flexibility index (Phi) is 3.51. The smallest absolute Gasteiger partial charge is 0.242 e. The lowest BCUT2D eigenvalue weighted by Gasteiger charge is -2.03. The third kappa shape index (κ3) is 2.39. The molecule has 0 radical (unpaired) electrons. The summed E-state index contributed by atoms with van der Waals surface area (Å²) in [4.78, 5) is 4.82. The second kappa shape index (κ2) is 5.07. The average molecular weight is 257 g/mol. The van der Waals surface area contributed by atoms with E-state index in [4.69, 9.17) is 22.2 Å². The SMILES string of the molecule is NSOOc1ccc(-n2[nH]nnc2=S)cc1. The predicted molar refractivity (Wildman–Crippen MR) is 60.0 cm³/mol. The lowest BCUT2D eigenvalue weighted by atomic mass is 10.3. The van der Waals surface area contributed by atoms with Gasteiger partial charge in [-0.2, -0.15) is 5.21 Å². The Morgan fingerprint density at radius 2 is 2.12 bits per heavy atom. The molecule has 9 heteroatoms. The van der Waals surface area contributed by atoms with Crippen LogP contribution in [0.25, 0.3) is 5.69 Å². The summed E-state index contributed by atoms with van der Waals surface area (Å²) in [6, 6.07) is 6.95. The second-order valence-electron chi connectivity index (χ2n) is 2.66. The zero-order chi connectivity index (χ0) is 11.4. The minimum Gasteiger partial charge on any atom is -0.324 e. The van der Waals surface area contributed by atoms with Gasteiger partial charge in [-0.15, -0.1) is 0 Å². The number of aromatic nitrogens is 4. The molecule has 2 aromatic rings. The first-order valence-electron chi connectivity index (χ1n) is 4.12. The van der Waals surface area contributed by atoms with Crippen molar-refractivity contribution in [1.82, 2.24) is 20.2 Å². The standard InChI is InChI=1S/C7H7N5O2S2/c8-16-14-13-6-3-1-5(2-4-6)12-7(15)9-10-11-12/h1-4H,8H2,(H,9,11,15). The van der Waals surface area contributed by atoms with Gasteiger partial charge in [0.15, 0.2) is 5.75 Å². The van der Waals surface area contributed by atoms with Crippen LogP contribution in [0, 0.1) is 4.77 Å². The number of nitrogens with zero attached hydrogens (tertiary/aromatic N) is 3. The number of tetrazole rings is 1. The van der Waals surface area contributed by atoms with E-state index in [1.807, 2.05) is 0 Å². The van der Waals surface area contributed by atoms with Gasteiger partial charge >= 0.3 is 0 Å². The van der Waals surface area contributed by atoms with Crippen LogP contribution < -0.4 is 10.0 Å². The Morgan fingerprint density at radius 1 is 1.38 bits per heavy atom. The summed E-state index contributed by atoms with van der Waals surface area (Å²) in [5.41, 5.74) is 0.794. The average Bonchev–Trinajstić information content (AvgIpc) is 2.74. The Balaban J connectivity index is 2.20. The van der Waals surface area contributed by atoms with Gasteiger partial charge in [-0.1, -0.05) is 14.6 Å². The largest absolute Gasteiger partial charge is 0.324 e. The first-order valence-corrected chi connectivity index (χ1v) is 5.33. The van der Waals surface area contributed by atoms with Gasteiger partial charge in [0.2, 0.25) is 4.77 Å². The quantitative estimate of drug-likeness (QED) is 0.279. The van der Waals surface area contributed by atoms with Crippen molar-refractivity contribution in [2.75, 3.05) is 0 Å². The fourth-order valence-corrected chi connectivity index (χ4v) is 1.38. The normalized spacial score (nSPS) is 10.3. The van der Waals surface area contributed by atoms with Gasteiger partial charge in [0.1, 0.15) is 12.2 Å². The highest BCUT2D eigenvalue weighted by Gasteiger charge is 2.00. The van der Waals surface area contributed by atoms with Crippen LogP contribution in [-0.2, 0) is 4.33 Å². The van der Waals surface area contributed by atoms with Crippen LogP contribution in [0.15, 0.2) is 24.3 Å². The lowest BCUT2D eigenvalue weighted by Crippen LogP contribution is -1.97. The summed E-state index contributed by atoms with van der Waals surface area (Å²) in [5, 5.41) is 14.9. The molecule has 0 unspecified atom stereocenters. The Hall–Kier alpha value is -1.42. The molecule has 1 heterocycles. The van der Waals surface area contributed by atoms with E-state index in [1.54, 1.807) is 28.9 Å². The molecule has 0 aliphatic carbocycles. The van der Waals surface area contributed by atoms with E-state index in [9.17, 15) is 0 Å². The molecular formula is C7H7N5O2S2. The van der Waals surface area contributed by atoms with Crippen molar-refractivity contribution >= 4 is 24.4 Å². The third-order valence-corrected chi connectivity index (χ3v) is 2.15. The van der Waals surface area contributed by atoms with E-state index in [2.05, 4.69) is 19.9 Å². The number of benzene rings is 1. The Bertz CT molecular complexity index is 508. The van der Waals surface area contributed by atoms with Gasteiger partial charge in [-0.3, -0.25) is 5.14 Å². The minimum absolute atomic E-state index is 0.349. The molecule has 84 valence electrons. The van der Waals surface area contributed by atoms with Crippen molar-refractivity contribution in [2.24, 2.45) is 5.14 Å². The van der Waals surface area contributed by atoms with Gasteiger partial charge in [0.25, 0.3) is 0 Å². The van der Waals surface area contributed by atoms with Crippen molar-refractivity contribution in [1.29, 1.82) is 0 Å². The zero-order valence-electron chi connectivity index (χ0n) is 7.86. The number of nitrogens with one attached hydrogen (secondary N) is 1. The van der Waals surface area contributed by atoms with Crippen molar-refractivity contribution in [3.63, 3.8) is 0 Å². The Morgan fingerprint density at radius 3 is 2.69 bits per heavy atom. The van der Waals surface area contributed by atoms with E-state index < -0.39 is 0 Å². The van der Waals surface area contributed by atoms with Crippen LogP contribution in [0.3, 0.4) is 0 Å². The fraction of sp³-hybridized carbons (Fsp3) is 0. The molecule has 0 saturated heterocycles. The number of H-pyrrole nitrogens is 1. The number of aromatic amines is 1. The molecule has 0 fully saturated rings. The summed E-state index contributed by atoms with van der Waals surface area (Å²) >= 11 is 5.58. The molecule has 1 aromatic carbocycles. The van der Waals surface area contributed by atoms with Gasteiger partial charge < -0.3 is 4.89 Å². The minimum atomic E-state index is 0.349. The summed E-state index contributed by atoms with van der Waals surface area (Å²) in [5.74, 6) is 0.528. The summed E-state index contributed by atoms with van der Waals surface area (Å²) in [6.45, 7) is 0. The predicted octanol–water partition coefficient (Wildman–Crippen LogP) is 1.16. The topological polar surface area (TPSA) is 91.0 Å². The van der Waals surface area contributed by atoms with E-state index >= 15 is 0 Å². The second-order valence-corrected chi connectivity index (χ2v) is 3.35. The number of nitrogens with two attached hydrogens (primary N) is 1. The monoisotopic (exact) mass is 257 g/mol. The maximum absolute atomic E-state index is 5.03. The van der Waals surface area contributed by atoms with Crippen LogP contribution in [0.2, 0.25) is 0 Å². The van der Waals surface area contributed by atoms with E-state index in [0.717, 1.165) is 5.69 Å². The number of hydrogen-bond donors (Lipinski definition) is 2. The van der Waals surface area contributed by atoms with Crippen LogP contribution in [0.5, 0.6) is 5.75 Å². The fourth-order valence-electron chi connectivity index (χ4n) is 1.08. The van der Waals surface area contributed by atoms with Crippen molar-refractivity contribution < 1.29 is 9.22 Å². The third-order valence-electron chi connectivity index (χ3n) is 1.74. The van der Waals surface area contributed by atoms with Crippen molar-refractivity contribution in [3.8, 4) is 11.4 Å². The molecule has 0 saturated carbocycles. The molecule has 0 aliphatic rings. The van der Waals surface area contributed by atoms with Gasteiger partial charge in [-0.05, 0) is 36.5 Å². The summed E-state index contributed by atoms with van der Waals surface area (Å²) < 4.78 is 6.41. The first kappa shape index (κ1) is 11.1. The van der Waals surface area contributed by atoms with Crippen LogP contribution in [0.4, 0.5) is 0 Å². The molecule has 0 bridgehead atoms. The summed E-state index contributed by atoms with van der Waals surface area (Å²) in [6.07, 6.45) is 0. The molecule has 16 heavy (non-hydrogen) atoms. The van der Waals surface area contributed by atoms with E-state index in [0.29, 0.717) is 22.7 Å².